The van der Waals surface area contributed by atoms with Crippen LogP contribution in [0.15, 0.2) is 24.3 Å². The maximum atomic E-state index is 12.4. The summed E-state index contributed by atoms with van der Waals surface area (Å²) in [7, 11) is 0. The molecule has 0 unspecified atom stereocenters. The van der Waals surface area contributed by atoms with E-state index in [0.717, 1.165) is 37.1 Å². The average molecular weight is 316 g/mol. The van der Waals surface area contributed by atoms with E-state index in [1.54, 1.807) is 0 Å². The van der Waals surface area contributed by atoms with Gasteiger partial charge in [0, 0.05) is 25.1 Å². The number of carbonyl (C=O) groups is 2. The lowest BCUT2D eigenvalue weighted by molar-refractivity contribution is -0.137. The highest BCUT2D eigenvalue weighted by atomic mass is 19.4. The number of unbranched alkanes of at least 4 members (excludes halogenated alkanes) is 1. The Kier molecular flexibility index (Phi) is 6.88. The number of hydrogen-bond donors (Lipinski definition) is 2. The van der Waals surface area contributed by atoms with Crippen molar-refractivity contribution in [2.45, 2.75) is 32.4 Å². The van der Waals surface area contributed by atoms with Crippen LogP contribution in [0.5, 0.6) is 0 Å². The van der Waals surface area contributed by atoms with E-state index in [9.17, 15) is 22.8 Å². The minimum atomic E-state index is -4.42. The number of alkyl halides is 3. The minimum absolute atomic E-state index is 0.0781. The number of hydrogen-bond acceptors (Lipinski definition) is 2. The quantitative estimate of drug-likeness (QED) is 0.760. The smallest absolute Gasteiger partial charge is 0.354 e. The molecule has 0 saturated carbocycles. The number of benzene rings is 1. The minimum Gasteiger partial charge on any atom is -0.354 e. The fraction of sp³-hybridized carbons (Fsp3) is 0.467. The van der Waals surface area contributed by atoms with Gasteiger partial charge < -0.3 is 10.6 Å². The number of carbonyl (C=O) groups excluding carboxylic acids is 2. The van der Waals surface area contributed by atoms with Gasteiger partial charge in [0.1, 0.15) is 0 Å². The van der Waals surface area contributed by atoms with Gasteiger partial charge in [-0.05, 0) is 30.7 Å². The fourth-order valence-electron chi connectivity index (χ4n) is 1.72. The van der Waals surface area contributed by atoms with E-state index >= 15 is 0 Å². The summed E-state index contributed by atoms with van der Waals surface area (Å²) in [6.07, 6.45) is -2.23. The summed E-state index contributed by atoms with van der Waals surface area (Å²) < 4.78 is 37.2. The van der Waals surface area contributed by atoms with Crippen molar-refractivity contribution in [3.8, 4) is 0 Å². The van der Waals surface area contributed by atoms with Crippen LogP contribution in [0.4, 0.5) is 13.2 Å². The van der Waals surface area contributed by atoms with Gasteiger partial charge in [-0.15, -0.1) is 0 Å². The third kappa shape index (κ3) is 6.15. The Hall–Kier alpha value is -2.05. The summed E-state index contributed by atoms with van der Waals surface area (Å²) in [6.45, 7) is 2.49. The molecule has 0 bridgehead atoms. The Labute approximate surface area is 127 Å². The van der Waals surface area contributed by atoms with Crippen LogP contribution in [-0.4, -0.2) is 24.9 Å². The summed E-state index contributed by atoms with van der Waals surface area (Å²) in [5, 5.41) is 5.18. The summed E-state index contributed by atoms with van der Waals surface area (Å²) in [5.41, 5.74) is -0.655. The van der Waals surface area contributed by atoms with Gasteiger partial charge in [0.05, 0.1) is 5.56 Å². The molecule has 0 aromatic heterocycles. The first-order valence-corrected chi connectivity index (χ1v) is 7.06. The van der Waals surface area contributed by atoms with Crippen molar-refractivity contribution in [1.29, 1.82) is 0 Å². The Morgan fingerprint density at radius 1 is 1.05 bits per heavy atom. The van der Waals surface area contributed by atoms with E-state index < -0.39 is 17.6 Å². The zero-order chi connectivity index (χ0) is 16.6. The summed E-state index contributed by atoms with van der Waals surface area (Å²) in [5.74, 6) is -0.554. The molecule has 0 fully saturated rings. The van der Waals surface area contributed by atoms with Gasteiger partial charge in [0.2, 0.25) is 5.91 Å². The van der Waals surface area contributed by atoms with Crippen molar-refractivity contribution in [3.05, 3.63) is 35.4 Å². The third-order valence-electron chi connectivity index (χ3n) is 2.96. The number of halogens is 3. The molecule has 0 aliphatic rings. The lowest BCUT2D eigenvalue weighted by Crippen LogP contribution is -2.34. The topological polar surface area (TPSA) is 58.2 Å². The largest absolute Gasteiger partial charge is 0.416 e. The van der Waals surface area contributed by atoms with Crippen molar-refractivity contribution in [2.75, 3.05) is 13.1 Å². The molecular formula is C15H19F3N2O2. The van der Waals surface area contributed by atoms with Crippen LogP contribution in [0.3, 0.4) is 0 Å². The van der Waals surface area contributed by atoms with E-state index in [2.05, 4.69) is 10.6 Å². The molecule has 2 amide bonds. The highest BCUT2D eigenvalue weighted by molar-refractivity contribution is 5.94. The molecule has 0 spiro atoms. The first-order valence-electron chi connectivity index (χ1n) is 7.06. The highest BCUT2D eigenvalue weighted by Gasteiger charge is 2.30. The predicted octanol–water partition coefficient (Wildman–Crippen LogP) is 2.74. The van der Waals surface area contributed by atoms with Crippen LogP contribution in [0.1, 0.15) is 42.1 Å². The maximum Gasteiger partial charge on any atom is 0.416 e. The summed E-state index contributed by atoms with van der Waals surface area (Å²) >= 11 is 0. The zero-order valence-corrected chi connectivity index (χ0v) is 12.3. The predicted molar refractivity (Wildman–Crippen MR) is 76.3 cm³/mol. The van der Waals surface area contributed by atoms with Crippen molar-refractivity contribution in [2.24, 2.45) is 0 Å². The molecule has 2 N–H and O–H groups in total. The molecule has 22 heavy (non-hydrogen) atoms. The monoisotopic (exact) mass is 316 g/mol. The molecule has 0 aliphatic carbocycles. The van der Waals surface area contributed by atoms with Crippen LogP contribution in [-0.2, 0) is 11.0 Å². The summed E-state index contributed by atoms with van der Waals surface area (Å²) in [6, 6.07) is 3.97. The number of amides is 2. The molecule has 1 aromatic rings. The molecule has 1 aromatic carbocycles. The Balaban J connectivity index is 2.35. The van der Waals surface area contributed by atoms with E-state index in [4.69, 9.17) is 0 Å². The molecule has 0 aliphatic heterocycles. The van der Waals surface area contributed by atoms with E-state index in [0.29, 0.717) is 6.42 Å². The van der Waals surface area contributed by atoms with Gasteiger partial charge in [-0.3, -0.25) is 9.59 Å². The molecular weight excluding hydrogens is 297 g/mol. The van der Waals surface area contributed by atoms with Gasteiger partial charge in [-0.25, -0.2) is 0 Å². The molecule has 122 valence electrons. The Bertz CT molecular complexity index is 499. The molecule has 0 heterocycles. The first kappa shape index (κ1) is 18.0. The van der Waals surface area contributed by atoms with Crippen molar-refractivity contribution < 1.29 is 22.8 Å². The van der Waals surface area contributed by atoms with Crippen LogP contribution >= 0.6 is 0 Å². The Morgan fingerprint density at radius 2 is 1.64 bits per heavy atom. The molecule has 0 radical (unpaired) electrons. The second-order valence-corrected chi connectivity index (χ2v) is 4.78. The molecule has 0 atom stereocenters. The van der Waals surface area contributed by atoms with Crippen molar-refractivity contribution in [1.82, 2.24) is 10.6 Å². The molecule has 1 rings (SSSR count). The SMILES string of the molecule is CCCCC(=O)NCCNC(=O)c1ccc(C(F)(F)F)cc1. The maximum absolute atomic E-state index is 12.4. The van der Waals surface area contributed by atoms with E-state index in [-0.39, 0.29) is 24.6 Å². The third-order valence-corrected chi connectivity index (χ3v) is 2.96. The average Bonchev–Trinajstić information content (AvgIpc) is 2.48. The van der Waals surface area contributed by atoms with E-state index in [1.807, 2.05) is 6.92 Å². The fourth-order valence-corrected chi connectivity index (χ4v) is 1.72. The second-order valence-electron chi connectivity index (χ2n) is 4.78. The lowest BCUT2D eigenvalue weighted by atomic mass is 10.1. The van der Waals surface area contributed by atoms with Crippen LogP contribution in [0.25, 0.3) is 0 Å². The lowest BCUT2D eigenvalue weighted by Gasteiger charge is -2.09. The molecule has 7 heteroatoms. The standard InChI is InChI=1S/C15H19F3N2O2/c1-2-3-4-13(21)19-9-10-20-14(22)11-5-7-12(8-6-11)15(16,17)18/h5-8H,2-4,9-10H2,1H3,(H,19,21)(H,20,22). The van der Waals surface area contributed by atoms with Gasteiger partial charge >= 0.3 is 6.18 Å². The van der Waals surface area contributed by atoms with Gasteiger partial charge in [-0.2, -0.15) is 13.2 Å². The van der Waals surface area contributed by atoms with Crippen molar-refractivity contribution >= 4 is 11.8 Å². The molecule has 0 saturated heterocycles. The van der Waals surface area contributed by atoms with Crippen LogP contribution in [0.2, 0.25) is 0 Å². The number of nitrogens with one attached hydrogen (secondary N) is 2. The van der Waals surface area contributed by atoms with Gasteiger partial charge in [0.15, 0.2) is 0 Å². The van der Waals surface area contributed by atoms with Gasteiger partial charge in [-0.1, -0.05) is 13.3 Å². The Morgan fingerprint density at radius 3 is 2.18 bits per heavy atom. The van der Waals surface area contributed by atoms with E-state index in [1.165, 1.54) is 0 Å². The molecule has 4 nitrogen and oxygen atoms in total. The second kappa shape index (κ2) is 8.41. The number of rotatable bonds is 7. The van der Waals surface area contributed by atoms with Gasteiger partial charge in [0.25, 0.3) is 5.91 Å². The van der Waals surface area contributed by atoms with Crippen LogP contribution < -0.4 is 10.6 Å². The normalized spacial score (nSPS) is 11.1. The first-order chi connectivity index (χ1) is 10.3. The highest BCUT2D eigenvalue weighted by Crippen LogP contribution is 2.28. The van der Waals surface area contributed by atoms with Crippen molar-refractivity contribution in [3.63, 3.8) is 0 Å². The zero-order valence-electron chi connectivity index (χ0n) is 12.3. The van der Waals surface area contributed by atoms with Crippen LogP contribution in [0, 0.1) is 0 Å². The summed E-state index contributed by atoms with van der Waals surface area (Å²) in [4.78, 5) is 23.0.